The van der Waals surface area contributed by atoms with Crippen molar-refractivity contribution in [2.45, 2.75) is 97.8 Å². The number of esters is 2. The first kappa shape index (κ1) is 27.8. The molecule has 6 heteroatoms. The van der Waals surface area contributed by atoms with E-state index in [9.17, 15) is 14.7 Å². The molecular weight excluding hydrogens is 408 g/mol. The topological polar surface area (TPSA) is 82.1 Å². The molecule has 182 valence electrons. The number of aromatic hydroxyl groups is 1. The van der Waals surface area contributed by atoms with E-state index in [4.69, 9.17) is 14.2 Å². The molecule has 0 amide bonds. The fraction of sp³-hybridized carbons (Fsp3) is 0.692. The molecule has 0 aliphatic rings. The molecule has 0 fully saturated rings. The zero-order chi connectivity index (χ0) is 24.4. The second-order valence-corrected chi connectivity index (χ2v) is 9.66. The first-order valence-corrected chi connectivity index (χ1v) is 11.7. The summed E-state index contributed by atoms with van der Waals surface area (Å²) in [6.07, 6.45) is 5.12. The van der Waals surface area contributed by atoms with Crippen LogP contribution in [0.15, 0.2) is 12.1 Å². The summed E-state index contributed by atoms with van der Waals surface area (Å²) in [5.74, 6) is 0.574. The Morgan fingerprint density at radius 2 is 1.28 bits per heavy atom. The third-order valence-electron chi connectivity index (χ3n) is 5.86. The maximum absolute atomic E-state index is 10.9. The molecule has 0 aromatic heterocycles. The van der Waals surface area contributed by atoms with E-state index in [0.29, 0.717) is 19.8 Å². The molecule has 0 aliphatic carbocycles. The Bertz CT molecular complexity index is 751. The minimum atomic E-state index is -0.257. The Morgan fingerprint density at radius 1 is 0.812 bits per heavy atom. The number of carbonyl (C=O) groups excluding carboxylic acids is 2. The number of hydrogen-bond acceptors (Lipinski definition) is 6. The monoisotopic (exact) mass is 450 g/mol. The maximum Gasteiger partial charge on any atom is 0.302 e. The molecule has 0 aliphatic heterocycles. The van der Waals surface area contributed by atoms with Gasteiger partial charge in [0.05, 0.1) is 19.8 Å². The van der Waals surface area contributed by atoms with Crippen LogP contribution in [0.1, 0.15) is 98.1 Å². The van der Waals surface area contributed by atoms with Crippen molar-refractivity contribution >= 4 is 11.9 Å². The second kappa shape index (κ2) is 12.7. The van der Waals surface area contributed by atoms with Crippen molar-refractivity contribution in [2.24, 2.45) is 0 Å². The summed E-state index contributed by atoms with van der Waals surface area (Å²) < 4.78 is 16.0. The minimum Gasteiger partial charge on any atom is -0.508 e. The number of ether oxygens (including phenoxy) is 3. The van der Waals surface area contributed by atoms with E-state index in [-0.39, 0.29) is 28.5 Å². The van der Waals surface area contributed by atoms with Crippen molar-refractivity contribution < 1.29 is 28.9 Å². The third-order valence-corrected chi connectivity index (χ3v) is 5.86. The van der Waals surface area contributed by atoms with Crippen molar-refractivity contribution in [1.29, 1.82) is 0 Å². The standard InChI is InChI=1S/C26H42O6/c1-8-30-24-18-21(25(4,5)13-9-11-15-31-19(2)27)23(29)17-22(24)26(6,7)14-10-12-16-32-20(3)28/h17-18,29H,8-16H2,1-7H3. The fourth-order valence-electron chi connectivity index (χ4n) is 3.95. The lowest BCUT2D eigenvalue weighted by molar-refractivity contribution is -0.142. The highest BCUT2D eigenvalue weighted by Crippen LogP contribution is 2.44. The maximum atomic E-state index is 10.9. The molecule has 0 unspecified atom stereocenters. The largest absolute Gasteiger partial charge is 0.508 e. The van der Waals surface area contributed by atoms with Crippen LogP contribution in [0.2, 0.25) is 0 Å². The summed E-state index contributed by atoms with van der Waals surface area (Å²) in [7, 11) is 0. The van der Waals surface area contributed by atoms with E-state index in [1.165, 1.54) is 13.8 Å². The van der Waals surface area contributed by atoms with Gasteiger partial charge in [-0.25, -0.2) is 0 Å². The molecule has 0 atom stereocenters. The van der Waals surface area contributed by atoms with Gasteiger partial charge in [-0.1, -0.05) is 27.7 Å². The smallest absolute Gasteiger partial charge is 0.302 e. The average Bonchev–Trinajstić information content (AvgIpc) is 2.67. The number of benzene rings is 1. The normalized spacial score (nSPS) is 11.8. The van der Waals surface area contributed by atoms with Crippen LogP contribution in [0.4, 0.5) is 0 Å². The molecule has 1 N–H and O–H groups in total. The van der Waals surface area contributed by atoms with Gasteiger partial charge in [-0.3, -0.25) is 9.59 Å². The van der Waals surface area contributed by atoms with Gasteiger partial charge in [-0.2, -0.15) is 0 Å². The van der Waals surface area contributed by atoms with E-state index in [1.807, 2.05) is 19.1 Å². The van der Waals surface area contributed by atoms with Crippen LogP contribution in [0.5, 0.6) is 11.5 Å². The third kappa shape index (κ3) is 9.09. The highest BCUT2D eigenvalue weighted by atomic mass is 16.5. The summed E-state index contributed by atoms with van der Waals surface area (Å²) in [5.41, 5.74) is 1.39. The molecule has 6 nitrogen and oxygen atoms in total. The summed E-state index contributed by atoms with van der Waals surface area (Å²) in [4.78, 5) is 21.8. The summed E-state index contributed by atoms with van der Waals surface area (Å²) in [5, 5.41) is 10.9. The molecule has 0 bridgehead atoms. The van der Waals surface area contributed by atoms with Crippen molar-refractivity contribution in [1.82, 2.24) is 0 Å². The van der Waals surface area contributed by atoms with Crippen LogP contribution >= 0.6 is 0 Å². The first-order chi connectivity index (χ1) is 14.9. The molecular formula is C26H42O6. The van der Waals surface area contributed by atoms with E-state index in [2.05, 4.69) is 27.7 Å². The summed E-state index contributed by atoms with van der Waals surface area (Å²) >= 11 is 0. The predicted octanol–water partition coefficient (Wildman–Crippen LogP) is 5.81. The highest BCUT2D eigenvalue weighted by molar-refractivity contribution is 5.66. The van der Waals surface area contributed by atoms with Crippen molar-refractivity contribution in [3.63, 3.8) is 0 Å². The summed E-state index contributed by atoms with van der Waals surface area (Å²) in [6.45, 7) is 14.7. The van der Waals surface area contributed by atoms with Crippen LogP contribution in [0.25, 0.3) is 0 Å². The Hall–Kier alpha value is -2.24. The number of carbonyl (C=O) groups is 2. The molecule has 0 heterocycles. The Balaban J connectivity index is 2.96. The number of rotatable bonds is 14. The van der Waals surface area contributed by atoms with E-state index >= 15 is 0 Å². The lowest BCUT2D eigenvalue weighted by Gasteiger charge is -2.32. The van der Waals surface area contributed by atoms with Crippen LogP contribution in [-0.2, 0) is 29.9 Å². The summed E-state index contributed by atoms with van der Waals surface area (Å²) in [6, 6.07) is 3.84. The van der Waals surface area contributed by atoms with Crippen molar-refractivity contribution in [2.75, 3.05) is 19.8 Å². The van der Waals surface area contributed by atoms with Gasteiger partial charge in [0, 0.05) is 25.0 Å². The van der Waals surface area contributed by atoms with Gasteiger partial charge in [0.1, 0.15) is 11.5 Å². The SMILES string of the molecule is CCOc1cc(C(C)(C)CCCCOC(C)=O)c(O)cc1C(C)(C)CCCCOC(C)=O. The van der Waals surface area contributed by atoms with Crippen LogP contribution < -0.4 is 4.74 Å². The van der Waals surface area contributed by atoms with Crippen LogP contribution in [0.3, 0.4) is 0 Å². The quantitative estimate of drug-likeness (QED) is 0.284. The zero-order valence-electron chi connectivity index (χ0n) is 21.0. The zero-order valence-corrected chi connectivity index (χ0v) is 21.0. The predicted molar refractivity (Wildman–Crippen MR) is 126 cm³/mol. The Labute approximate surface area is 193 Å². The number of phenols is 1. The van der Waals surface area contributed by atoms with E-state index < -0.39 is 0 Å². The van der Waals surface area contributed by atoms with Gasteiger partial charge in [0.2, 0.25) is 0 Å². The molecule has 0 saturated heterocycles. The molecule has 1 aromatic carbocycles. The average molecular weight is 451 g/mol. The van der Waals surface area contributed by atoms with E-state index in [0.717, 1.165) is 55.4 Å². The van der Waals surface area contributed by atoms with Crippen LogP contribution in [-0.4, -0.2) is 36.9 Å². The molecule has 0 spiro atoms. The number of phenolic OH excluding ortho intramolecular Hbond substituents is 1. The van der Waals surface area contributed by atoms with Crippen molar-refractivity contribution in [3.8, 4) is 11.5 Å². The number of unbranched alkanes of at least 4 members (excludes halogenated alkanes) is 2. The minimum absolute atomic E-state index is 0.203. The van der Waals surface area contributed by atoms with Crippen LogP contribution in [0, 0.1) is 0 Å². The lowest BCUT2D eigenvalue weighted by Crippen LogP contribution is -2.22. The van der Waals surface area contributed by atoms with Gasteiger partial charge in [-0.15, -0.1) is 0 Å². The van der Waals surface area contributed by atoms with Gasteiger partial charge in [-0.05, 0) is 68.4 Å². The molecule has 32 heavy (non-hydrogen) atoms. The van der Waals surface area contributed by atoms with Gasteiger partial charge >= 0.3 is 11.9 Å². The van der Waals surface area contributed by atoms with Gasteiger partial charge in [0.25, 0.3) is 0 Å². The van der Waals surface area contributed by atoms with Crippen molar-refractivity contribution in [3.05, 3.63) is 23.3 Å². The molecule has 0 saturated carbocycles. The second-order valence-electron chi connectivity index (χ2n) is 9.66. The van der Waals surface area contributed by atoms with E-state index in [1.54, 1.807) is 0 Å². The molecule has 1 rings (SSSR count). The molecule has 1 aromatic rings. The highest BCUT2D eigenvalue weighted by Gasteiger charge is 2.30. The number of hydrogen-bond donors (Lipinski definition) is 1. The Morgan fingerprint density at radius 3 is 1.72 bits per heavy atom. The fourth-order valence-corrected chi connectivity index (χ4v) is 3.95. The lowest BCUT2D eigenvalue weighted by atomic mass is 9.75. The first-order valence-electron chi connectivity index (χ1n) is 11.7. The van der Waals surface area contributed by atoms with Gasteiger partial charge in [0.15, 0.2) is 0 Å². The Kier molecular flexibility index (Phi) is 11.0. The molecule has 0 radical (unpaired) electrons. The van der Waals surface area contributed by atoms with Gasteiger partial charge < -0.3 is 19.3 Å².